The van der Waals surface area contributed by atoms with Crippen molar-refractivity contribution in [1.82, 2.24) is 5.16 Å². The zero-order valence-corrected chi connectivity index (χ0v) is 11.8. The number of benzene rings is 1. The topological polar surface area (TPSA) is 47.3 Å². The van der Waals surface area contributed by atoms with Crippen LogP contribution in [0.25, 0.3) is 12.2 Å². The van der Waals surface area contributed by atoms with Crippen LogP contribution in [0, 0.1) is 0 Å². The van der Waals surface area contributed by atoms with Crippen molar-refractivity contribution >= 4 is 35.3 Å². The van der Waals surface area contributed by atoms with E-state index in [0.29, 0.717) is 16.6 Å². The van der Waals surface area contributed by atoms with Crippen LogP contribution >= 0.6 is 11.6 Å². The molecule has 0 unspecified atom stereocenters. The summed E-state index contributed by atoms with van der Waals surface area (Å²) in [6, 6.07) is 5.45. The van der Waals surface area contributed by atoms with Crippen LogP contribution in [0.15, 0.2) is 22.7 Å². The summed E-state index contributed by atoms with van der Waals surface area (Å²) in [6.45, 7) is 3.84. The van der Waals surface area contributed by atoms with Crippen molar-refractivity contribution in [3.8, 4) is 5.75 Å². The third kappa shape index (κ3) is 2.74. The number of halogens is 1. The fourth-order valence-electron chi connectivity index (χ4n) is 1.77. The molecular formula is C14H15ClN2O2. The summed E-state index contributed by atoms with van der Waals surface area (Å²) in [5, 5.41) is 8.64. The Balaban J connectivity index is 2.37. The van der Waals surface area contributed by atoms with E-state index in [1.165, 1.54) is 0 Å². The number of hydrogen-bond donors (Lipinski definition) is 1. The minimum absolute atomic E-state index is 0.542. The zero-order chi connectivity index (χ0) is 13.8. The monoisotopic (exact) mass is 278 g/mol. The second kappa shape index (κ2) is 5.80. The molecule has 0 aliphatic rings. The van der Waals surface area contributed by atoms with Gasteiger partial charge in [0.1, 0.15) is 5.75 Å². The molecule has 0 atom stereocenters. The fourth-order valence-corrected chi connectivity index (χ4v) is 2.03. The van der Waals surface area contributed by atoms with Crippen LogP contribution in [-0.2, 0) is 0 Å². The summed E-state index contributed by atoms with van der Waals surface area (Å²) in [5.74, 6) is 1.30. The highest BCUT2D eigenvalue weighted by molar-refractivity contribution is 6.32. The highest BCUT2D eigenvalue weighted by Crippen LogP contribution is 2.27. The van der Waals surface area contributed by atoms with E-state index in [2.05, 4.69) is 10.5 Å². The van der Waals surface area contributed by atoms with Crippen molar-refractivity contribution in [2.75, 3.05) is 12.4 Å². The maximum atomic E-state index is 6.08. The SMILES string of the molecule is CC=c1onc(Nc2ccc(OC)c(Cl)c2)c1=CC. The van der Waals surface area contributed by atoms with E-state index in [4.69, 9.17) is 20.9 Å². The van der Waals surface area contributed by atoms with Gasteiger partial charge in [-0.05, 0) is 38.1 Å². The lowest BCUT2D eigenvalue weighted by molar-refractivity contribution is 0.396. The van der Waals surface area contributed by atoms with Crippen LogP contribution in [0.4, 0.5) is 11.5 Å². The number of anilines is 2. The van der Waals surface area contributed by atoms with E-state index in [0.717, 1.165) is 16.3 Å². The maximum Gasteiger partial charge on any atom is 0.181 e. The molecule has 100 valence electrons. The van der Waals surface area contributed by atoms with Gasteiger partial charge in [-0.1, -0.05) is 22.8 Å². The molecule has 0 bridgehead atoms. The van der Waals surface area contributed by atoms with E-state index < -0.39 is 0 Å². The molecule has 0 radical (unpaired) electrons. The quantitative estimate of drug-likeness (QED) is 0.938. The van der Waals surface area contributed by atoms with Gasteiger partial charge >= 0.3 is 0 Å². The lowest BCUT2D eigenvalue weighted by atomic mass is 10.3. The maximum absolute atomic E-state index is 6.08. The number of hydrogen-bond acceptors (Lipinski definition) is 4. The van der Waals surface area contributed by atoms with Gasteiger partial charge in [0.25, 0.3) is 0 Å². The third-order valence-electron chi connectivity index (χ3n) is 2.72. The van der Waals surface area contributed by atoms with Gasteiger partial charge in [-0.3, -0.25) is 0 Å². The van der Waals surface area contributed by atoms with Crippen molar-refractivity contribution in [3.63, 3.8) is 0 Å². The van der Waals surface area contributed by atoms with E-state index in [9.17, 15) is 0 Å². The molecule has 0 spiro atoms. The molecule has 1 N–H and O–H groups in total. The average molecular weight is 279 g/mol. The smallest absolute Gasteiger partial charge is 0.181 e. The van der Waals surface area contributed by atoms with Crippen molar-refractivity contribution in [2.24, 2.45) is 0 Å². The summed E-state index contributed by atoms with van der Waals surface area (Å²) in [7, 11) is 1.58. The molecule has 2 aromatic rings. The second-order valence-corrected chi connectivity index (χ2v) is 4.27. The number of rotatable bonds is 3. The molecule has 0 fully saturated rings. The van der Waals surface area contributed by atoms with Crippen LogP contribution < -0.4 is 20.7 Å². The summed E-state index contributed by atoms with van der Waals surface area (Å²) in [6.07, 6.45) is 3.81. The second-order valence-electron chi connectivity index (χ2n) is 3.86. The van der Waals surface area contributed by atoms with Gasteiger partial charge in [0.2, 0.25) is 0 Å². The lowest BCUT2D eigenvalue weighted by Gasteiger charge is -2.06. The minimum Gasteiger partial charge on any atom is -0.495 e. The van der Waals surface area contributed by atoms with Crippen LogP contribution in [0.5, 0.6) is 5.75 Å². The molecule has 1 aromatic carbocycles. The van der Waals surface area contributed by atoms with Gasteiger partial charge < -0.3 is 14.6 Å². The van der Waals surface area contributed by atoms with E-state index in [1.54, 1.807) is 19.2 Å². The van der Waals surface area contributed by atoms with Crippen LogP contribution in [0.1, 0.15) is 13.8 Å². The first kappa shape index (κ1) is 13.5. The molecule has 0 saturated carbocycles. The molecule has 0 aliphatic heterocycles. The van der Waals surface area contributed by atoms with E-state index in [-0.39, 0.29) is 0 Å². The van der Waals surface area contributed by atoms with Crippen molar-refractivity contribution < 1.29 is 9.26 Å². The summed E-state index contributed by atoms with van der Waals surface area (Å²) in [5.41, 5.74) is 1.56. The van der Waals surface area contributed by atoms with E-state index >= 15 is 0 Å². The largest absolute Gasteiger partial charge is 0.495 e. The molecule has 0 amide bonds. The zero-order valence-electron chi connectivity index (χ0n) is 11.0. The van der Waals surface area contributed by atoms with Gasteiger partial charge in [0, 0.05) is 5.69 Å². The molecule has 1 aromatic heterocycles. The molecule has 4 nitrogen and oxygen atoms in total. The fraction of sp³-hybridized carbons (Fsp3) is 0.214. The first-order chi connectivity index (χ1) is 9.19. The molecule has 2 rings (SSSR count). The Morgan fingerprint density at radius 2 is 2.11 bits per heavy atom. The van der Waals surface area contributed by atoms with Gasteiger partial charge in [-0.25, -0.2) is 0 Å². The number of ether oxygens (including phenoxy) is 1. The van der Waals surface area contributed by atoms with Gasteiger partial charge in [-0.2, -0.15) is 0 Å². The first-order valence-corrected chi connectivity index (χ1v) is 6.26. The van der Waals surface area contributed by atoms with Crippen molar-refractivity contribution in [1.29, 1.82) is 0 Å². The first-order valence-electron chi connectivity index (χ1n) is 5.88. The molecule has 5 heteroatoms. The van der Waals surface area contributed by atoms with Gasteiger partial charge in [0.05, 0.1) is 17.4 Å². The Kier molecular flexibility index (Phi) is 4.12. The van der Waals surface area contributed by atoms with Crippen LogP contribution in [0.3, 0.4) is 0 Å². The number of aromatic nitrogens is 1. The molecule has 19 heavy (non-hydrogen) atoms. The number of nitrogens with one attached hydrogen (secondary N) is 1. The average Bonchev–Trinajstić information content (AvgIpc) is 2.81. The Morgan fingerprint density at radius 3 is 2.68 bits per heavy atom. The predicted octanol–water partition coefficient (Wildman–Crippen LogP) is 2.68. The molecule has 1 heterocycles. The number of methoxy groups -OCH3 is 1. The Morgan fingerprint density at radius 1 is 1.32 bits per heavy atom. The van der Waals surface area contributed by atoms with Crippen molar-refractivity contribution in [3.05, 3.63) is 33.9 Å². The van der Waals surface area contributed by atoms with Crippen LogP contribution in [-0.4, -0.2) is 12.3 Å². The molecule has 0 saturated heterocycles. The van der Waals surface area contributed by atoms with Crippen molar-refractivity contribution in [2.45, 2.75) is 13.8 Å². The summed E-state index contributed by atoms with van der Waals surface area (Å²) >= 11 is 6.08. The highest BCUT2D eigenvalue weighted by atomic mass is 35.5. The van der Waals surface area contributed by atoms with Gasteiger partial charge in [0.15, 0.2) is 11.2 Å². The normalized spacial score (nSPS) is 12.8. The Bertz CT molecular complexity index is 692. The standard InChI is InChI=1S/C14H15ClN2O2/c1-4-10-12(5-2)19-17-14(10)16-9-6-7-13(18-3)11(15)8-9/h4-8H,1-3H3,(H,16,17). The number of nitrogens with zero attached hydrogens (tertiary/aromatic N) is 1. The van der Waals surface area contributed by atoms with Gasteiger partial charge in [-0.15, -0.1) is 0 Å². The highest BCUT2D eigenvalue weighted by Gasteiger charge is 2.06. The van der Waals surface area contributed by atoms with E-state index in [1.807, 2.05) is 32.1 Å². The van der Waals surface area contributed by atoms with Crippen LogP contribution in [0.2, 0.25) is 5.02 Å². The summed E-state index contributed by atoms with van der Waals surface area (Å²) < 4.78 is 10.3. The Hall–Kier alpha value is -1.94. The summed E-state index contributed by atoms with van der Waals surface area (Å²) in [4.78, 5) is 0. The predicted molar refractivity (Wildman–Crippen MR) is 77.3 cm³/mol. The molecular weight excluding hydrogens is 264 g/mol. The Labute approximate surface area is 116 Å². The minimum atomic E-state index is 0.542. The third-order valence-corrected chi connectivity index (χ3v) is 3.02. The molecule has 0 aliphatic carbocycles. The lowest BCUT2D eigenvalue weighted by Crippen LogP contribution is -2.21.